The normalized spacial score (nSPS) is 12.8. The summed E-state index contributed by atoms with van der Waals surface area (Å²) in [6, 6.07) is 23.2. The van der Waals surface area contributed by atoms with Gasteiger partial charge in [0.1, 0.15) is 0 Å². The van der Waals surface area contributed by atoms with Crippen LogP contribution in [0.2, 0.25) is 0 Å². The van der Waals surface area contributed by atoms with E-state index in [1.807, 2.05) is 0 Å². The topological polar surface area (TPSA) is 30.9 Å². The highest BCUT2D eigenvalue weighted by atomic mass is 14.9. The number of hydrogen-bond donors (Lipinski definition) is 1. The first kappa shape index (κ1) is 13.1. The van der Waals surface area contributed by atoms with Crippen molar-refractivity contribution in [2.75, 3.05) is 0 Å². The van der Waals surface area contributed by atoms with Gasteiger partial charge in [0, 0.05) is 24.1 Å². The Morgan fingerprint density at radius 2 is 1.59 bits per heavy atom. The van der Waals surface area contributed by atoms with Crippen molar-refractivity contribution in [2.24, 2.45) is 12.8 Å². The molecule has 0 fully saturated rings. The molecule has 4 aromatic rings. The second kappa shape index (κ2) is 5.00. The fraction of sp³-hybridized carbons (Fsp3) is 0.100. The van der Waals surface area contributed by atoms with Crippen molar-refractivity contribution >= 4 is 21.7 Å². The molecule has 22 heavy (non-hydrogen) atoms. The molecule has 0 radical (unpaired) electrons. The molecule has 0 bridgehead atoms. The molecule has 1 aromatic heterocycles. The van der Waals surface area contributed by atoms with Gasteiger partial charge in [-0.25, -0.2) is 0 Å². The number of fused-ring (bicyclic) bond motifs is 2. The number of nitrogens with two attached hydrogens (primary N) is 1. The Kier molecular flexibility index (Phi) is 2.98. The van der Waals surface area contributed by atoms with Gasteiger partial charge >= 0.3 is 0 Å². The lowest BCUT2D eigenvalue weighted by Gasteiger charge is -2.12. The van der Waals surface area contributed by atoms with E-state index in [-0.39, 0.29) is 6.04 Å². The van der Waals surface area contributed by atoms with E-state index in [1.165, 1.54) is 27.2 Å². The first-order valence-electron chi connectivity index (χ1n) is 7.52. The molecule has 0 amide bonds. The molecule has 108 valence electrons. The zero-order valence-corrected chi connectivity index (χ0v) is 12.5. The maximum atomic E-state index is 6.57. The fourth-order valence-corrected chi connectivity index (χ4v) is 3.20. The minimum atomic E-state index is -0.115. The summed E-state index contributed by atoms with van der Waals surface area (Å²) in [6.07, 6.45) is 2.14. The fourth-order valence-electron chi connectivity index (χ4n) is 3.20. The highest BCUT2D eigenvalue weighted by Gasteiger charge is 2.15. The van der Waals surface area contributed by atoms with Crippen molar-refractivity contribution in [2.45, 2.75) is 6.04 Å². The van der Waals surface area contributed by atoms with Crippen LogP contribution >= 0.6 is 0 Å². The summed E-state index contributed by atoms with van der Waals surface area (Å²) in [6.45, 7) is 0. The number of rotatable bonds is 2. The molecule has 0 aliphatic carbocycles. The molecule has 0 saturated heterocycles. The summed E-state index contributed by atoms with van der Waals surface area (Å²) in [7, 11) is 2.07. The summed E-state index contributed by atoms with van der Waals surface area (Å²) in [5, 5.41) is 3.71. The minimum Gasteiger partial charge on any atom is -0.350 e. The monoisotopic (exact) mass is 286 g/mol. The van der Waals surface area contributed by atoms with Gasteiger partial charge in [0.05, 0.1) is 6.04 Å². The van der Waals surface area contributed by atoms with Crippen LogP contribution in [0.4, 0.5) is 0 Å². The maximum Gasteiger partial charge on any atom is 0.0573 e. The highest BCUT2D eigenvalue weighted by Crippen LogP contribution is 2.30. The number of hydrogen-bond acceptors (Lipinski definition) is 1. The molecular formula is C20H18N2. The Labute approximate surface area is 129 Å². The van der Waals surface area contributed by atoms with Crippen LogP contribution in [-0.4, -0.2) is 4.57 Å². The Bertz CT molecular complexity index is 966. The molecule has 2 heteroatoms. The Morgan fingerprint density at radius 1 is 0.864 bits per heavy atom. The van der Waals surface area contributed by atoms with Crippen LogP contribution in [0, 0.1) is 0 Å². The zero-order chi connectivity index (χ0) is 15.1. The van der Waals surface area contributed by atoms with Gasteiger partial charge in [-0.05, 0) is 34.0 Å². The van der Waals surface area contributed by atoms with E-state index in [2.05, 4.69) is 84.5 Å². The number of para-hydroxylation sites is 1. The predicted molar refractivity (Wildman–Crippen MR) is 92.9 cm³/mol. The summed E-state index contributed by atoms with van der Waals surface area (Å²) >= 11 is 0. The van der Waals surface area contributed by atoms with Crippen molar-refractivity contribution in [3.05, 3.63) is 84.1 Å². The van der Waals surface area contributed by atoms with E-state index >= 15 is 0 Å². The summed E-state index contributed by atoms with van der Waals surface area (Å²) in [5.41, 5.74) is 10.1. The molecule has 0 aliphatic rings. The predicted octanol–water partition coefficient (Wildman–Crippen LogP) is 4.38. The van der Waals surface area contributed by atoms with Gasteiger partial charge in [-0.1, -0.05) is 54.6 Å². The molecule has 2 N–H and O–H groups in total. The summed E-state index contributed by atoms with van der Waals surface area (Å²) in [4.78, 5) is 0. The van der Waals surface area contributed by atoms with Crippen LogP contribution in [-0.2, 0) is 7.05 Å². The minimum absolute atomic E-state index is 0.115. The third-order valence-corrected chi connectivity index (χ3v) is 4.40. The third-order valence-electron chi connectivity index (χ3n) is 4.40. The lowest BCUT2D eigenvalue weighted by molar-refractivity contribution is 0.863. The second-order valence-corrected chi connectivity index (χ2v) is 5.80. The molecule has 1 heterocycles. The van der Waals surface area contributed by atoms with Crippen LogP contribution in [0.5, 0.6) is 0 Å². The molecule has 1 atom stereocenters. The van der Waals surface area contributed by atoms with Crippen molar-refractivity contribution in [1.82, 2.24) is 4.57 Å². The number of aryl methyl sites for hydroxylation is 1. The maximum absolute atomic E-state index is 6.57. The molecular weight excluding hydrogens is 268 g/mol. The highest BCUT2D eigenvalue weighted by molar-refractivity contribution is 5.86. The molecule has 0 spiro atoms. The van der Waals surface area contributed by atoms with Crippen LogP contribution < -0.4 is 5.73 Å². The number of benzene rings is 3. The van der Waals surface area contributed by atoms with E-state index < -0.39 is 0 Å². The molecule has 0 aliphatic heterocycles. The summed E-state index contributed by atoms with van der Waals surface area (Å²) < 4.78 is 2.14. The van der Waals surface area contributed by atoms with Crippen LogP contribution in [0.15, 0.2) is 72.9 Å². The van der Waals surface area contributed by atoms with E-state index in [9.17, 15) is 0 Å². The lowest BCUT2D eigenvalue weighted by Crippen LogP contribution is -2.11. The van der Waals surface area contributed by atoms with Gasteiger partial charge in [0.25, 0.3) is 0 Å². The molecule has 2 nitrogen and oxygen atoms in total. The molecule has 4 rings (SSSR count). The average molecular weight is 286 g/mol. The van der Waals surface area contributed by atoms with Crippen LogP contribution in [0.1, 0.15) is 17.2 Å². The van der Waals surface area contributed by atoms with Crippen LogP contribution in [0.25, 0.3) is 21.7 Å². The van der Waals surface area contributed by atoms with Crippen molar-refractivity contribution in [3.8, 4) is 0 Å². The first-order valence-corrected chi connectivity index (χ1v) is 7.52. The quantitative estimate of drug-likeness (QED) is 0.582. The Balaban J connectivity index is 1.86. The van der Waals surface area contributed by atoms with Crippen molar-refractivity contribution < 1.29 is 0 Å². The van der Waals surface area contributed by atoms with Gasteiger partial charge in [0.15, 0.2) is 0 Å². The van der Waals surface area contributed by atoms with Gasteiger partial charge in [-0.2, -0.15) is 0 Å². The largest absolute Gasteiger partial charge is 0.350 e. The Morgan fingerprint density at radius 3 is 2.45 bits per heavy atom. The Hall–Kier alpha value is -2.58. The van der Waals surface area contributed by atoms with E-state index in [1.54, 1.807) is 0 Å². The number of aromatic nitrogens is 1. The standard InChI is InChI=1S/C20H18N2/c1-22-13-18(17-8-4-5-9-19(17)22)20(21)16-11-10-14-6-2-3-7-15(14)12-16/h2-13,20H,21H2,1H3. The molecule has 1 unspecified atom stereocenters. The third kappa shape index (κ3) is 2.00. The van der Waals surface area contributed by atoms with Gasteiger partial charge in [-0.15, -0.1) is 0 Å². The SMILES string of the molecule is Cn1cc(C(N)c2ccc3ccccc3c2)c2ccccc21. The van der Waals surface area contributed by atoms with Crippen LogP contribution in [0.3, 0.4) is 0 Å². The van der Waals surface area contributed by atoms with E-state index in [4.69, 9.17) is 5.73 Å². The second-order valence-electron chi connectivity index (χ2n) is 5.80. The number of nitrogens with zero attached hydrogens (tertiary/aromatic N) is 1. The summed E-state index contributed by atoms with van der Waals surface area (Å²) in [5.74, 6) is 0. The van der Waals surface area contributed by atoms with Crippen molar-refractivity contribution in [1.29, 1.82) is 0 Å². The van der Waals surface area contributed by atoms with Crippen molar-refractivity contribution in [3.63, 3.8) is 0 Å². The van der Waals surface area contributed by atoms with Gasteiger partial charge < -0.3 is 10.3 Å². The molecule has 3 aromatic carbocycles. The van der Waals surface area contributed by atoms with E-state index in [0.717, 1.165) is 5.56 Å². The zero-order valence-electron chi connectivity index (χ0n) is 12.5. The smallest absolute Gasteiger partial charge is 0.0573 e. The molecule has 0 saturated carbocycles. The van der Waals surface area contributed by atoms with Gasteiger partial charge in [0.2, 0.25) is 0 Å². The average Bonchev–Trinajstić information content (AvgIpc) is 2.91. The lowest BCUT2D eigenvalue weighted by atomic mass is 9.97. The first-order chi connectivity index (χ1) is 10.7. The van der Waals surface area contributed by atoms with E-state index in [0.29, 0.717) is 0 Å². The van der Waals surface area contributed by atoms with Gasteiger partial charge in [-0.3, -0.25) is 0 Å².